The highest BCUT2D eigenvalue weighted by Crippen LogP contribution is 2.45. The summed E-state index contributed by atoms with van der Waals surface area (Å²) in [5.74, 6) is -0.660. The van der Waals surface area contributed by atoms with Crippen LogP contribution in [0.15, 0.2) is 101 Å². The fourth-order valence-corrected chi connectivity index (χ4v) is 7.46. The smallest absolute Gasteiger partial charge is 0.330 e. The van der Waals surface area contributed by atoms with Gasteiger partial charge in [-0.05, 0) is 59.1 Å². The number of ether oxygens (including phenoxy) is 5. The molecule has 1 fully saturated rings. The van der Waals surface area contributed by atoms with E-state index in [0.717, 1.165) is 16.7 Å². The molecule has 4 atom stereocenters. The van der Waals surface area contributed by atoms with Crippen LogP contribution in [-0.2, 0) is 33.8 Å². The lowest BCUT2D eigenvalue weighted by Crippen LogP contribution is -2.51. The molecule has 1 aromatic heterocycles. The van der Waals surface area contributed by atoms with Gasteiger partial charge in [-0.15, -0.1) is 0 Å². The minimum absolute atomic E-state index is 0.199. The predicted molar refractivity (Wildman–Crippen MR) is 202 cm³/mol. The Hall–Kier alpha value is -5.02. The summed E-state index contributed by atoms with van der Waals surface area (Å²) in [5.41, 5.74) is -0.353. The number of aromatic nitrogens is 2. The number of H-pyrrole nitrogens is 1. The van der Waals surface area contributed by atoms with Gasteiger partial charge in [-0.2, -0.15) is 0 Å². The van der Waals surface area contributed by atoms with E-state index in [1.165, 1.54) is 16.8 Å². The number of carboxylic acids is 1. The summed E-state index contributed by atoms with van der Waals surface area (Å²) in [7, 11) is 0.484. The van der Waals surface area contributed by atoms with Gasteiger partial charge >= 0.3 is 17.6 Å². The number of aliphatic carboxylic acids is 1. The Bertz CT molecular complexity index is 1960. The molecule has 1 aliphatic heterocycles. The van der Waals surface area contributed by atoms with Crippen molar-refractivity contribution < 1.29 is 42.8 Å². The van der Waals surface area contributed by atoms with E-state index in [-0.39, 0.29) is 11.6 Å². The minimum atomic E-state index is -2.68. The monoisotopic (exact) mass is 760 g/mol. The summed E-state index contributed by atoms with van der Waals surface area (Å²) < 4.78 is 38.9. The standard InChI is InChI=1S/C40H48N2O11Si/c1-39(2,3)54(6,7)53-36-35(52-34(46)22-21-33(44)45)31(51-37(36)42-24-23-32(43)41-38(42)47)25-50-40(26-11-9-8-10-12-26,27-13-17-29(48-4)18-14-27)28-15-19-30(49-5)20-16-28/h8-20,23-24,31,35-37H,21-22,25H2,1-7H3,(H,44,45)(H,41,43,47)/t31-,35+,36?,37-/m1/s1. The van der Waals surface area contributed by atoms with Crippen molar-refractivity contribution in [3.05, 3.63) is 129 Å². The lowest BCUT2D eigenvalue weighted by molar-refractivity contribution is -0.160. The number of hydrogen-bond acceptors (Lipinski definition) is 10. The summed E-state index contributed by atoms with van der Waals surface area (Å²) in [6, 6.07) is 25.7. The molecule has 0 bridgehead atoms. The van der Waals surface area contributed by atoms with Crippen LogP contribution in [0, 0.1) is 0 Å². The molecule has 2 N–H and O–H groups in total. The second-order valence-corrected chi connectivity index (χ2v) is 19.3. The Morgan fingerprint density at radius 2 is 1.37 bits per heavy atom. The maximum atomic E-state index is 13.3. The highest BCUT2D eigenvalue weighted by Gasteiger charge is 2.54. The van der Waals surface area contributed by atoms with Crippen molar-refractivity contribution in [2.45, 2.75) is 81.9 Å². The third-order valence-electron chi connectivity index (χ3n) is 10.1. The fourth-order valence-electron chi connectivity index (χ4n) is 6.18. The second-order valence-electron chi connectivity index (χ2n) is 14.6. The quantitative estimate of drug-likeness (QED) is 0.0877. The van der Waals surface area contributed by atoms with E-state index >= 15 is 0 Å². The van der Waals surface area contributed by atoms with Crippen molar-refractivity contribution in [2.24, 2.45) is 0 Å². The maximum absolute atomic E-state index is 13.3. The maximum Gasteiger partial charge on any atom is 0.330 e. The number of nitrogens with zero attached hydrogens (tertiary/aromatic N) is 1. The molecule has 5 rings (SSSR count). The van der Waals surface area contributed by atoms with Gasteiger partial charge < -0.3 is 33.2 Å². The largest absolute Gasteiger partial charge is 0.497 e. The molecule has 0 radical (unpaired) electrons. The zero-order chi connectivity index (χ0) is 39.3. The molecule has 288 valence electrons. The normalized spacial score (nSPS) is 18.9. The Labute approximate surface area is 314 Å². The molecule has 54 heavy (non-hydrogen) atoms. The van der Waals surface area contributed by atoms with Crippen LogP contribution in [0.4, 0.5) is 0 Å². The van der Waals surface area contributed by atoms with Crippen LogP contribution in [0.3, 0.4) is 0 Å². The average Bonchev–Trinajstić information content (AvgIpc) is 3.46. The van der Waals surface area contributed by atoms with Crippen molar-refractivity contribution in [3.8, 4) is 11.5 Å². The zero-order valence-corrected chi connectivity index (χ0v) is 32.6. The van der Waals surface area contributed by atoms with Gasteiger partial charge in [0.2, 0.25) is 0 Å². The molecule has 0 spiro atoms. The van der Waals surface area contributed by atoms with Crippen molar-refractivity contribution in [3.63, 3.8) is 0 Å². The minimum Gasteiger partial charge on any atom is -0.497 e. The SMILES string of the molecule is COc1ccc(C(OC[C@H]2O[C@@H](n3ccc(=O)[nH]c3=O)C(O[Si](C)(C)C(C)(C)C)[C@H]2OC(=O)CCC(=O)O)(c2ccccc2)c2ccc(OC)cc2)cc1. The van der Waals surface area contributed by atoms with E-state index in [4.69, 9.17) is 28.1 Å². The third kappa shape index (κ3) is 8.68. The molecule has 0 amide bonds. The van der Waals surface area contributed by atoms with Crippen LogP contribution in [0.25, 0.3) is 0 Å². The molecule has 0 saturated carbocycles. The zero-order valence-electron chi connectivity index (χ0n) is 31.6. The van der Waals surface area contributed by atoms with Gasteiger partial charge in [-0.25, -0.2) is 4.79 Å². The molecule has 2 heterocycles. The molecule has 1 unspecified atom stereocenters. The molecule has 14 heteroatoms. The Morgan fingerprint density at radius 3 is 1.87 bits per heavy atom. The van der Waals surface area contributed by atoms with Crippen molar-refractivity contribution in [1.29, 1.82) is 0 Å². The van der Waals surface area contributed by atoms with Crippen LogP contribution in [0.2, 0.25) is 18.1 Å². The summed E-state index contributed by atoms with van der Waals surface area (Å²) >= 11 is 0. The third-order valence-corrected chi connectivity index (χ3v) is 14.6. The van der Waals surface area contributed by atoms with E-state index in [2.05, 4.69) is 4.98 Å². The lowest BCUT2D eigenvalue weighted by Gasteiger charge is -2.40. The van der Waals surface area contributed by atoms with E-state index in [9.17, 15) is 24.3 Å². The number of carbonyl (C=O) groups excluding carboxylic acids is 1. The van der Waals surface area contributed by atoms with Gasteiger partial charge in [0, 0.05) is 12.3 Å². The van der Waals surface area contributed by atoms with Gasteiger partial charge in [0.25, 0.3) is 5.56 Å². The first-order valence-corrected chi connectivity index (χ1v) is 20.5. The number of carbonyl (C=O) groups is 2. The number of hydrogen-bond donors (Lipinski definition) is 2. The van der Waals surface area contributed by atoms with Crippen LogP contribution >= 0.6 is 0 Å². The highest BCUT2D eigenvalue weighted by atomic mass is 28.4. The van der Waals surface area contributed by atoms with Crippen LogP contribution in [-0.4, -0.2) is 74.1 Å². The molecule has 0 aliphatic carbocycles. The van der Waals surface area contributed by atoms with E-state index in [0.29, 0.717) is 11.5 Å². The molecule has 3 aromatic carbocycles. The molecule has 13 nitrogen and oxygen atoms in total. The predicted octanol–water partition coefficient (Wildman–Crippen LogP) is 5.63. The van der Waals surface area contributed by atoms with Gasteiger partial charge in [-0.1, -0.05) is 75.4 Å². The Morgan fingerprint density at radius 1 is 0.815 bits per heavy atom. The van der Waals surface area contributed by atoms with Crippen molar-refractivity contribution in [1.82, 2.24) is 9.55 Å². The number of methoxy groups -OCH3 is 2. The van der Waals surface area contributed by atoms with Crippen LogP contribution < -0.4 is 20.7 Å². The number of nitrogens with one attached hydrogen (secondary N) is 1. The number of esters is 1. The topological polar surface area (TPSA) is 165 Å². The van der Waals surface area contributed by atoms with Crippen LogP contribution in [0.1, 0.15) is 56.5 Å². The summed E-state index contributed by atoms with van der Waals surface area (Å²) in [5, 5.41) is 9.01. The fraction of sp³-hybridized carbons (Fsp3) is 0.400. The average molecular weight is 761 g/mol. The number of aromatic amines is 1. The van der Waals surface area contributed by atoms with Gasteiger partial charge in [0.05, 0.1) is 33.7 Å². The van der Waals surface area contributed by atoms with Gasteiger partial charge in [0.1, 0.15) is 29.3 Å². The lowest BCUT2D eigenvalue weighted by atomic mass is 9.80. The van der Waals surface area contributed by atoms with Crippen molar-refractivity contribution in [2.75, 3.05) is 20.8 Å². The number of benzene rings is 3. The molecule has 1 aliphatic rings. The first kappa shape index (κ1) is 40.2. The Kier molecular flexibility index (Phi) is 12.3. The van der Waals surface area contributed by atoms with Crippen LogP contribution in [0.5, 0.6) is 11.5 Å². The Balaban J connectivity index is 1.67. The first-order chi connectivity index (χ1) is 25.6. The number of rotatable bonds is 15. The van der Waals surface area contributed by atoms with Crippen molar-refractivity contribution >= 4 is 20.3 Å². The van der Waals surface area contributed by atoms with Gasteiger partial charge in [-0.3, -0.25) is 23.9 Å². The van der Waals surface area contributed by atoms with E-state index in [1.54, 1.807) is 14.2 Å². The van der Waals surface area contributed by atoms with E-state index in [1.807, 2.05) is 113 Å². The summed E-state index contributed by atoms with van der Waals surface area (Å²) in [4.78, 5) is 52.4. The number of carboxylic acid groups (broad SMARTS) is 1. The molecule has 4 aromatic rings. The summed E-state index contributed by atoms with van der Waals surface area (Å²) in [6.07, 6.45) is -3.96. The first-order valence-electron chi connectivity index (χ1n) is 17.6. The van der Waals surface area contributed by atoms with E-state index < -0.39 is 74.5 Å². The molecular weight excluding hydrogens is 713 g/mol. The highest BCUT2D eigenvalue weighted by molar-refractivity contribution is 6.74. The summed E-state index contributed by atoms with van der Waals surface area (Å²) in [6.45, 7) is 9.96. The second kappa shape index (κ2) is 16.6. The van der Waals surface area contributed by atoms with Gasteiger partial charge in [0.15, 0.2) is 20.6 Å². The molecular formula is C40H48N2O11Si. The molecule has 1 saturated heterocycles.